The molecule has 2 saturated heterocycles. The Morgan fingerprint density at radius 3 is 2.71 bits per heavy atom. The summed E-state index contributed by atoms with van der Waals surface area (Å²) in [4.78, 5) is 2.49. The lowest BCUT2D eigenvalue weighted by Crippen LogP contribution is -2.44. The molecular formula is C14H28N2O. The first-order chi connectivity index (χ1) is 8.18. The summed E-state index contributed by atoms with van der Waals surface area (Å²) >= 11 is 0. The van der Waals surface area contributed by atoms with Crippen molar-refractivity contribution in [2.24, 2.45) is 5.41 Å². The summed E-state index contributed by atoms with van der Waals surface area (Å²) in [5.74, 6) is 0. The van der Waals surface area contributed by atoms with Crippen LogP contribution in [0.1, 0.15) is 39.0 Å². The Hall–Kier alpha value is -0.120. The molecule has 2 aliphatic heterocycles. The maximum atomic E-state index is 5.82. The van der Waals surface area contributed by atoms with E-state index in [1.54, 1.807) is 0 Å². The molecule has 2 rings (SSSR count). The van der Waals surface area contributed by atoms with E-state index in [0.717, 1.165) is 13.2 Å². The Balaban J connectivity index is 1.73. The highest BCUT2D eigenvalue weighted by Crippen LogP contribution is 2.28. The van der Waals surface area contributed by atoms with E-state index < -0.39 is 0 Å². The monoisotopic (exact) mass is 240 g/mol. The van der Waals surface area contributed by atoms with Crippen molar-refractivity contribution in [3.63, 3.8) is 0 Å². The van der Waals surface area contributed by atoms with Crippen LogP contribution in [0, 0.1) is 5.41 Å². The van der Waals surface area contributed by atoms with Crippen molar-refractivity contribution in [3.8, 4) is 0 Å². The van der Waals surface area contributed by atoms with Crippen molar-refractivity contribution < 1.29 is 4.74 Å². The molecule has 0 aliphatic carbocycles. The third kappa shape index (κ3) is 4.23. The second-order valence-corrected chi connectivity index (χ2v) is 6.25. The Morgan fingerprint density at radius 1 is 1.29 bits per heavy atom. The molecule has 100 valence electrons. The molecule has 0 saturated carbocycles. The fraction of sp³-hybridized carbons (Fsp3) is 1.00. The highest BCUT2D eigenvalue weighted by Gasteiger charge is 2.28. The smallest absolute Gasteiger partial charge is 0.0701 e. The van der Waals surface area contributed by atoms with Crippen LogP contribution in [0.4, 0.5) is 0 Å². The molecule has 3 nitrogen and oxygen atoms in total. The van der Waals surface area contributed by atoms with Crippen LogP contribution in [-0.2, 0) is 4.74 Å². The minimum absolute atomic E-state index is 0.485. The van der Waals surface area contributed by atoms with E-state index in [0.29, 0.717) is 11.5 Å². The van der Waals surface area contributed by atoms with Crippen molar-refractivity contribution in [1.82, 2.24) is 10.2 Å². The Bertz CT molecular complexity index is 220. The van der Waals surface area contributed by atoms with Gasteiger partial charge < -0.3 is 15.0 Å². The van der Waals surface area contributed by atoms with Gasteiger partial charge in [-0.05, 0) is 57.7 Å². The van der Waals surface area contributed by atoms with E-state index in [1.807, 2.05) is 0 Å². The first-order valence-corrected chi connectivity index (χ1v) is 7.19. The zero-order valence-corrected chi connectivity index (χ0v) is 11.5. The van der Waals surface area contributed by atoms with E-state index in [2.05, 4.69) is 24.2 Å². The van der Waals surface area contributed by atoms with Gasteiger partial charge in [0.25, 0.3) is 0 Å². The maximum Gasteiger partial charge on any atom is 0.0701 e. The summed E-state index contributed by atoms with van der Waals surface area (Å²) in [5.41, 5.74) is 0.509. The van der Waals surface area contributed by atoms with Gasteiger partial charge in [0.1, 0.15) is 0 Å². The van der Waals surface area contributed by atoms with Gasteiger partial charge in [-0.25, -0.2) is 0 Å². The van der Waals surface area contributed by atoms with Gasteiger partial charge >= 0.3 is 0 Å². The van der Waals surface area contributed by atoms with Gasteiger partial charge in [0.2, 0.25) is 0 Å². The van der Waals surface area contributed by atoms with Gasteiger partial charge in [-0.1, -0.05) is 6.92 Å². The van der Waals surface area contributed by atoms with E-state index in [1.165, 1.54) is 51.7 Å². The number of nitrogens with one attached hydrogen (secondary N) is 1. The van der Waals surface area contributed by atoms with Crippen molar-refractivity contribution in [1.29, 1.82) is 0 Å². The lowest BCUT2D eigenvalue weighted by atomic mass is 9.80. The predicted molar refractivity (Wildman–Crippen MR) is 71.3 cm³/mol. The van der Waals surface area contributed by atoms with Crippen LogP contribution in [0.2, 0.25) is 0 Å². The van der Waals surface area contributed by atoms with Crippen LogP contribution in [-0.4, -0.2) is 50.8 Å². The number of hydrogen-bond acceptors (Lipinski definition) is 3. The minimum atomic E-state index is 0.485. The fourth-order valence-corrected chi connectivity index (χ4v) is 3.20. The molecule has 17 heavy (non-hydrogen) atoms. The summed E-state index contributed by atoms with van der Waals surface area (Å²) in [6, 6.07) is 0. The van der Waals surface area contributed by atoms with Crippen LogP contribution < -0.4 is 5.32 Å². The molecule has 1 N–H and O–H groups in total. The van der Waals surface area contributed by atoms with Crippen LogP contribution in [0.15, 0.2) is 0 Å². The summed E-state index contributed by atoms with van der Waals surface area (Å²) in [6.45, 7) is 8.11. The normalized spacial score (nSPS) is 29.5. The molecule has 0 amide bonds. The average molecular weight is 240 g/mol. The topological polar surface area (TPSA) is 24.5 Å². The van der Waals surface area contributed by atoms with Crippen LogP contribution >= 0.6 is 0 Å². The van der Waals surface area contributed by atoms with E-state index in [-0.39, 0.29) is 0 Å². The highest BCUT2D eigenvalue weighted by atomic mass is 16.5. The van der Waals surface area contributed by atoms with Crippen LogP contribution in [0.25, 0.3) is 0 Å². The summed E-state index contributed by atoms with van der Waals surface area (Å²) in [7, 11) is 2.26. The number of hydrogen-bond donors (Lipinski definition) is 1. The number of nitrogens with zero attached hydrogens (tertiary/aromatic N) is 1. The molecule has 0 radical (unpaired) electrons. The summed E-state index contributed by atoms with van der Waals surface area (Å²) < 4.78 is 5.82. The number of ether oxygens (including phenoxy) is 1. The molecule has 2 fully saturated rings. The second kappa shape index (κ2) is 6.17. The molecule has 0 spiro atoms. The molecule has 1 atom stereocenters. The largest absolute Gasteiger partial charge is 0.377 e. The quantitative estimate of drug-likeness (QED) is 0.812. The first kappa shape index (κ1) is 13.3. The summed E-state index contributed by atoms with van der Waals surface area (Å²) in [5, 5.41) is 3.45. The molecule has 0 aromatic heterocycles. The second-order valence-electron chi connectivity index (χ2n) is 6.25. The van der Waals surface area contributed by atoms with Crippen molar-refractivity contribution >= 4 is 0 Å². The highest BCUT2D eigenvalue weighted by molar-refractivity contribution is 4.83. The van der Waals surface area contributed by atoms with E-state index in [4.69, 9.17) is 4.74 Å². The fourth-order valence-electron chi connectivity index (χ4n) is 3.20. The van der Waals surface area contributed by atoms with E-state index in [9.17, 15) is 0 Å². The Labute approximate surface area is 106 Å². The lowest BCUT2D eigenvalue weighted by molar-refractivity contribution is -0.00866. The SMILES string of the molecule is CN(CC1CCCCO1)CC1(C)CCNCC1. The average Bonchev–Trinajstić information content (AvgIpc) is 2.30. The number of piperidine rings is 1. The van der Waals surface area contributed by atoms with Crippen molar-refractivity contribution in [2.45, 2.75) is 45.1 Å². The third-order valence-corrected chi connectivity index (χ3v) is 4.25. The number of rotatable bonds is 4. The molecular weight excluding hydrogens is 212 g/mol. The molecule has 2 heterocycles. The predicted octanol–water partition coefficient (Wildman–Crippen LogP) is 1.88. The molecule has 0 bridgehead atoms. The van der Waals surface area contributed by atoms with Gasteiger partial charge in [0.15, 0.2) is 0 Å². The minimum Gasteiger partial charge on any atom is -0.377 e. The standard InChI is InChI=1S/C14H28N2O/c1-14(6-8-15-9-7-14)12-16(2)11-13-5-3-4-10-17-13/h13,15H,3-12H2,1-2H3. The molecule has 2 aliphatic rings. The van der Waals surface area contributed by atoms with Gasteiger partial charge in [0, 0.05) is 19.7 Å². The summed E-state index contributed by atoms with van der Waals surface area (Å²) in [6.07, 6.45) is 6.96. The van der Waals surface area contributed by atoms with Crippen LogP contribution in [0.5, 0.6) is 0 Å². The van der Waals surface area contributed by atoms with E-state index >= 15 is 0 Å². The van der Waals surface area contributed by atoms with Gasteiger partial charge in [-0.3, -0.25) is 0 Å². The van der Waals surface area contributed by atoms with Gasteiger partial charge in [0.05, 0.1) is 6.10 Å². The zero-order valence-electron chi connectivity index (χ0n) is 11.5. The van der Waals surface area contributed by atoms with Crippen molar-refractivity contribution in [3.05, 3.63) is 0 Å². The molecule has 1 unspecified atom stereocenters. The maximum absolute atomic E-state index is 5.82. The number of likely N-dealkylation sites (N-methyl/N-ethyl adjacent to an activating group) is 1. The molecule has 3 heteroatoms. The van der Waals surface area contributed by atoms with Gasteiger partial charge in [-0.2, -0.15) is 0 Å². The first-order valence-electron chi connectivity index (χ1n) is 7.19. The molecule has 0 aromatic rings. The van der Waals surface area contributed by atoms with Gasteiger partial charge in [-0.15, -0.1) is 0 Å². The third-order valence-electron chi connectivity index (χ3n) is 4.25. The van der Waals surface area contributed by atoms with Crippen molar-refractivity contribution in [2.75, 3.05) is 39.8 Å². The molecule has 0 aromatic carbocycles. The lowest BCUT2D eigenvalue weighted by Gasteiger charge is -2.38. The Kier molecular flexibility index (Phi) is 4.83. The Morgan fingerprint density at radius 2 is 2.06 bits per heavy atom. The zero-order chi connectivity index (χ0) is 12.1. The van der Waals surface area contributed by atoms with Crippen LogP contribution in [0.3, 0.4) is 0 Å².